The zero-order valence-electron chi connectivity index (χ0n) is 11.7. The maximum Gasteiger partial charge on any atom is 0.193 e. The molecule has 0 aliphatic carbocycles. The van der Waals surface area contributed by atoms with Gasteiger partial charge in [0, 0.05) is 42.9 Å². The normalized spacial score (nSPS) is 20.1. The Morgan fingerprint density at radius 1 is 1.58 bits per heavy atom. The largest absolute Gasteiger partial charge is 0.313 e. The molecule has 19 heavy (non-hydrogen) atoms. The van der Waals surface area contributed by atoms with E-state index in [0.717, 1.165) is 18.1 Å². The average molecular weight is 278 g/mol. The number of nitrogens with zero attached hydrogens (tertiary/aromatic N) is 3. The van der Waals surface area contributed by atoms with E-state index in [4.69, 9.17) is 0 Å². The molecule has 2 aromatic heterocycles. The molecule has 0 aromatic carbocycles. The fraction of sp³-hybridized carbons (Fsp3) is 0.643. The van der Waals surface area contributed by atoms with E-state index in [9.17, 15) is 0 Å². The minimum Gasteiger partial charge on any atom is -0.313 e. The minimum absolute atomic E-state index is 0.558. The van der Waals surface area contributed by atoms with E-state index in [-0.39, 0.29) is 0 Å². The second-order valence-electron chi connectivity index (χ2n) is 5.64. The van der Waals surface area contributed by atoms with Gasteiger partial charge >= 0.3 is 0 Å². The standard InChI is InChI=1S/C14H22N4S/c1-11(2)18(8-12-4-3-5-15-12)10-13-9-17-6-7-19-14(17)16-13/h6-7,9,11-12,15H,3-5,8,10H2,1-2H3. The van der Waals surface area contributed by atoms with Gasteiger partial charge in [0.15, 0.2) is 4.96 Å². The molecule has 3 rings (SSSR count). The molecule has 0 bridgehead atoms. The lowest BCUT2D eigenvalue weighted by Gasteiger charge is -2.28. The fourth-order valence-electron chi connectivity index (χ4n) is 2.71. The Morgan fingerprint density at radius 3 is 3.16 bits per heavy atom. The molecule has 1 N–H and O–H groups in total. The van der Waals surface area contributed by atoms with Crippen LogP contribution in [-0.2, 0) is 6.54 Å². The maximum atomic E-state index is 4.69. The van der Waals surface area contributed by atoms with Crippen molar-refractivity contribution < 1.29 is 0 Å². The Labute approximate surface area is 118 Å². The van der Waals surface area contributed by atoms with Crippen molar-refractivity contribution in [1.29, 1.82) is 0 Å². The summed E-state index contributed by atoms with van der Waals surface area (Å²) in [5.74, 6) is 0. The van der Waals surface area contributed by atoms with Crippen molar-refractivity contribution in [2.24, 2.45) is 0 Å². The van der Waals surface area contributed by atoms with Crippen molar-refractivity contribution >= 4 is 16.3 Å². The van der Waals surface area contributed by atoms with Crippen LogP contribution in [0.15, 0.2) is 17.8 Å². The molecule has 1 saturated heterocycles. The molecule has 1 aliphatic rings. The molecule has 4 nitrogen and oxygen atoms in total. The van der Waals surface area contributed by atoms with Gasteiger partial charge < -0.3 is 5.32 Å². The van der Waals surface area contributed by atoms with Gasteiger partial charge in [-0.15, -0.1) is 11.3 Å². The van der Waals surface area contributed by atoms with Gasteiger partial charge in [0.2, 0.25) is 0 Å². The van der Waals surface area contributed by atoms with Crippen molar-refractivity contribution in [2.45, 2.75) is 45.3 Å². The molecule has 0 spiro atoms. The Bertz CT molecular complexity index is 496. The number of fused-ring (bicyclic) bond motifs is 1. The molecular weight excluding hydrogens is 256 g/mol. The van der Waals surface area contributed by atoms with Gasteiger partial charge in [-0.05, 0) is 33.2 Å². The molecule has 0 amide bonds. The molecule has 1 atom stereocenters. The van der Waals surface area contributed by atoms with Gasteiger partial charge in [-0.25, -0.2) is 4.98 Å². The smallest absolute Gasteiger partial charge is 0.193 e. The summed E-state index contributed by atoms with van der Waals surface area (Å²) in [6.45, 7) is 7.80. The number of imidazole rings is 1. The Hall–Kier alpha value is -0.910. The highest BCUT2D eigenvalue weighted by molar-refractivity contribution is 7.15. The molecule has 2 aromatic rings. The van der Waals surface area contributed by atoms with Crippen LogP contribution in [0, 0.1) is 0 Å². The first-order chi connectivity index (χ1) is 9.22. The van der Waals surface area contributed by atoms with Crippen LogP contribution in [0.2, 0.25) is 0 Å². The molecule has 5 heteroatoms. The van der Waals surface area contributed by atoms with E-state index < -0.39 is 0 Å². The van der Waals surface area contributed by atoms with Gasteiger partial charge in [-0.1, -0.05) is 0 Å². The summed E-state index contributed by atoms with van der Waals surface area (Å²) in [7, 11) is 0. The first kappa shape index (κ1) is 13.1. The van der Waals surface area contributed by atoms with Crippen LogP contribution >= 0.6 is 11.3 Å². The molecule has 1 aliphatic heterocycles. The van der Waals surface area contributed by atoms with Gasteiger partial charge in [0.1, 0.15) is 0 Å². The topological polar surface area (TPSA) is 32.6 Å². The van der Waals surface area contributed by atoms with Crippen molar-refractivity contribution in [2.75, 3.05) is 13.1 Å². The van der Waals surface area contributed by atoms with Crippen LogP contribution in [0.3, 0.4) is 0 Å². The molecule has 0 radical (unpaired) electrons. The summed E-state index contributed by atoms with van der Waals surface area (Å²) < 4.78 is 2.12. The number of thiazole rings is 1. The lowest BCUT2D eigenvalue weighted by Crippen LogP contribution is -2.40. The number of nitrogens with one attached hydrogen (secondary N) is 1. The quantitative estimate of drug-likeness (QED) is 0.911. The molecule has 3 heterocycles. The van der Waals surface area contributed by atoms with Crippen LogP contribution in [0.5, 0.6) is 0 Å². The Morgan fingerprint density at radius 2 is 2.47 bits per heavy atom. The molecule has 1 unspecified atom stereocenters. The van der Waals surface area contributed by atoms with E-state index in [0.29, 0.717) is 12.1 Å². The summed E-state index contributed by atoms with van der Waals surface area (Å²) in [6, 6.07) is 1.22. The van der Waals surface area contributed by atoms with Crippen molar-refractivity contribution in [3.8, 4) is 0 Å². The number of aromatic nitrogens is 2. The van der Waals surface area contributed by atoms with E-state index in [1.54, 1.807) is 11.3 Å². The lowest BCUT2D eigenvalue weighted by atomic mass is 10.2. The third kappa shape index (κ3) is 2.99. The summed E-state index contributed by atoms with van der Waals surface area (Å²) in [5.41, 5.74) is 1.18. The summed E-state index contributed by atoms with van der Waals surface area (Å²) in [5, 5.41) is 5.66. The van der Waals surface area contributed by atoms with Crippen molar-refractivity contribution in [1.82, 2.24) is 19.6 Å². The van der Waals surface area contributed by atoms with Crippen LogP contribution in [0.4, 0.5) is 0 Å². The van der Waals surface area contributed by atoms with E-state index in [1.807, 2.05) is 0 Å². The zero-order valence-corrected chi connectivity index (χ0v) is 12.5. The van der Waals surface area contributed by atoms with Gasteiger partial charge in [-0.2, -0.15) is 0 Å². The van der Waals surface area contributed by atoms with Crippen LogP contribution in [-0.4, -0.2) is 39.5 Å². The van der Waals surface area contributed by atoms with Crippen molar-refractivity contribution in [3.63, 3.8) is 0 Å². The van der Waals surface area contributed by atoms with Crippen molar-refractivity contribution in [3.05, 3.63) is 23.5 Å². The Kier molecular flexibility index (Phi) is 3.86. The van der Waals surface area contributed by atoms with Crippen LogP contribution < -0.4 is 5.32 Å². The number of rotatable bonds is 5. The predicted octanol–water partition coefficient (Wildman–Crippen LogP) is 2.36. The van der Waals surface area contributed by atoms with Gasteiger partial charge in [-0.3, -0.25) is 9.30 Å². The van der Waals surface area contributed by atoms with Crippen LogP contribution in [0.25, 0.3) is 4.96 Å². The highest BCUT2D eigenvalue weighted by Gasteiger charge is 2.20. The third-order valence-electron chi connectivity index (χ3n) is 3.86. The van der Waals surface area contributed by atoms with E-state index in [2.05, 4.69) is 51.2 Å². The van der Waals surface area contributed by atoms with E-state index >= 15 is 0 Å². The first-order valence-electron chi connectivity index (χ1n) is 7.11. The molecule has 0 saturated carbocycles. The average Bonchev–Trinajstić information content (AvgIpc) is 3.03. The second kappa shape index (κ2) is 5.61. The highest BCUT2D eigenvalue weighted by atomic mass is 32.1. The SMILES string of the molecule is CC(C)N(Cc1cn2ccsc2n1)CC1CCCN1. The molecule has 104 valence electrons. The van der Waals surface area contributed by atoms with Crippen LogP contribution in [0.1, 0.15) is 32.4 Å². The fourth-order valence-corrected chi connectivity index (χ4v) is 3.43. The summed E-state index contributed by atoms with van der Waals surface area (Å²) >= 11 is 1.70. The minimum atomic E-state index is 0.558. The zero-order chi connectivity index (χ0) is 13.2. The maximum absolute atomic E-state index is 4.69. The van der Waals surface area contributed by atoms with Gasteiger partial charge in [0.05, 0.1) is 5.69 Å². The molecule has 1 fully saturated rings. The first-order valence-corrected chi connectivity index (χ1v) is 7.99. The number of hydrogen-bond donors (Lipinski definition) is 1. The summed E-state index contributed by atoms with van der Waals surface area (Å²) in [6.07, 6.45) is 6.86. The predicted molar refractivity (Wildman–Crippen MR) is 79.6 cm³/mol. The number of hydrogen-bond acceptors (Lipinski definition) is 4. The second-order valence-corrected chi connectivity index (χ2v) is 6.51. The third-order valence-corrected chi connectivity index (χ3v) is 4.63. The Balaban J connectivity index is 1.68. The molecular formula is C14H22N4S. The summed E-state index contributed by atoms with van der Waals surface area (Å²) in [4.78, 5) is 8.31. The monoisotopic (exact) mass is 278 g/mol. The van der Waals surface area contributed by atoms with Gasteiger partial charge in [0.25, 0.3) is 0 Å². The highest BCUT2D eigenvalue weighted by Crippen LogP contribution is 2.15. The van der Waals surface area contributed by atoms with E-state index in [1.165, 1.54) is 25.1 Å². The lowest BCUT2D eigenvalue weighted by molar-refractivity contribution is 0.192.